The molecule has 0 aliphatic carbocycles. The summed E-state index contributed by atoms with van der Waals surface area (Å²) in [6, 6.07) is 27.5. The number of anilines is 4. The number of hydrogen-bond donors (Lipinski definition) is 3. The smallest absolute Gasteiger partial charge is 0.272 e. The molecule has 0 heterocycles. The summed E-state index contributed by atoms with van der Waals surface area (Å²) in [4.78, 5) is 0. The van der Waals surface area contributed by atoms with Crippen LogP contribution in [0.4, 0.5) is 22.7 Å². The number of aryl methyl sites for hydroxylation is 2. The summed E-state index contributed by atoms with van der Waals surface area (Å²) >= 11 is 17.1. The molecule has 288 valence electrons. The Labute approximate surface area is 336 Å². The van der Waals surface area contributed by atoms with Gasteiger partial charge in [0.25, 0.3) is 10.1 Å². The summed E-state index contributed by atoms with van der Waals surface area (Å²) in [7, 11) is -4.37. The molecule has 0 radical (unpaired) electrons. The first kappa shape index (κ1) is 42.8. The number of benzene rings is 4. The molecule has 0 fully saturated rings. The van der Waals surface area contributed by atoms with Crippen molar-refractivity contribution < 1.29 is 13.0 Å². The molecule has 1 unspecified atom stereocenters. The number of hydrogen-bond acceptors (Lipinski definition) is 6. The van der Waals surface area contributed by atoms with Crippen LogP contribution in [0.25, 0.3) is 0 Å². The molecular weight excluding hydrogens is 791 g/mol. The summed E-state index contributed by atoms with van der Waals surface area (Å²) < 4.78 is 36.0. The molecule has 0 aromatic heterocycles. The predicted octanol–water partition coefficient (Wildman–Crippen LogP) is 13.8. The van der Waals surface area contributed by atoms with Gasteiger partial charge in [0, 0.05) is 9.50 Å². The Morgan fingerprint density at radius 2 is 1.28 bits per heavy atom. The Morgan fingerprint density at radius 3 is 1.96 bits per heavy atom. The summed E-state index contributed by atoms with van der Waals surface area (Å²) in [5.74, 6) is 0. The van der Waals surface area contributed by atoms with E-state index < -0.39 is 15.4 Å². The third-order valence-electron chi connectivity index (χ3n) is 9.28. The second kappa shape index (κ2) is 21.8. The second-order valence-electron chi connectivity index (χ2n) is 13.7. The van der Waals surface area contributed by atoms with Crippen LogP contribution in [0.15, 0.2) is 89.4 Å². The first-order chi connectivity index (χ1) is 25.5. The van der Waals surface area contributed by atoms with Gasteiger partial charge in [-0.2, -0.15) is 18.7 Å². The van der Waals surface area contributed by atoms with E-state index in [0.717, 1.165) is 37.1 Å². The SMILES string of the molecule is CCCCCCCCc1cccc(N(Nc2ccc(Br)c(C(CCC)S(=O)(=O)O)c2)N(Nc2cccc(CCCCCC)c2)c2cc(Cl)ccc2Cl)c1. The van der Waals surface area contributed by atoms with E-state index in [-0.39, 0.29) is 6.42 Å². The predicted molar refractivity (Wildman–Crippen MR) is 230 cm³/mol. The lowest BCUT2D eigenvalue weighted by atomic mass is 10.0. The highest BCUT2D eigenvalue weighted by molar-refractivity contribution is 9.10. The summed E-state index contributed by atoms with van der Waals surface area (Å²) in [6.45, 7) is 6.35. The van der Waals surface area contributed by atoms with Crippen molar-refractivity contribution in [1.29, 1.82) is 0 Å². The minimum atomic E-state index is -4.37. The molecule has 0 aliphatic heterocycles. The minimum Gasteiger partial charge on any atom is -0.285 e. The van der Waals surface area contributed by atoms with E-state index in [1.54, 1.807) is 24.3 Å². The second-order valence-corrected chi connectivity index (χ2v) is 17.0. The van der Waals surface area contributed by atoms with Gasteiger partial charge in [-0.3, -0.25) is 15.4 Å². The Hall–Kier alpha value is -2.95. The molecule has 0 bridgehead atoms. The number of unbranched alkanes of at least 4 members (excludes halogenated alkanes) is 8. The average molecular weight is 847 g/mol. The number of hydrazine groups is 3. The van der Waals surface area contributed by atoms with Crippen LogP contribution in [0.2, 0.25) is 10.0 Å². The van der Waals surface area contributed by atoms with Crippen LogP contribution in [0.1, 0.15) is 120 Å². The van der Waals surface area contributed by atoms with Crippen LogP contribution in [-0.4, -0.2) is 13.0 Å². The molecule has 4 aromatic carbocycles. The molecular formula is C42H55BrCl2N4O3S. The van der Waals surface area contributed by atoms with Gasteiger partial charge in [-0.1, -0.05) is 142 Å². The summed E-state index contributed by atoms with van der Waals surface area (Å²) in [5, 5.41) is 3.60. The van der Waals surface area contributed by atoms with Crippen LogP contribution in [0.3, 0.4) is 0 Å². The van der Waals surface area contributed by atoms with E-state index in [9.17, 15) is 13.0 Å². The van der Waals surface area contributed by atoms with Gasteiger partial charge in [0.2, 0.25) is 0 Å². The highest BCUT2D eigenvalue weighted by Gasteiger charge is 2.28. The monoisotopic (exact) mass is 844 g/mol. The Balaban J connectivity index is 1.81. The molecule has 3 N–H and O–H groups in total. The molecule has 4 rings (SSSR count). The summed E-state index contributed by atoms with van der Waals surface area (Å²) in [6.07, 6.45) is 14.8. The van der Waals surface area contributed by atoms with Crippen LogP contribution in [0, 0.1) is 0 Å². The van der Waals surface area contributed by atoms with Crippen LogP contribution >= 0.6 is 39.1 Å². The van der Waals surface area contributed by atoms with Crippen molar-refractivity contribution in [2.75, 3.05) is 21.1 Å². The molecule has 1 atom stereocenters. The van der Waals surface area contributed by atoms with E-state index in [2.05, 4.69) is 71.0 Å². The van der Waals surface area contributed by atoms with Crippen LogP contribution < -0.4 is 21.1 Å². The quantitative estimate of drug-likeness (QED) is 0.0389. The van der Waals surface area contributed by atoms with Gasteiger partial charge in [0.15, 0.2) is 0 Å². The molecule has 0 amide bonds. The Kier molecular flexibility index (Phi) is 17.6. The third kappa shape index (κ3) is 13.4. The highest BCUT2D eigenvalue weighted by Crippen LogP contribution is 2.37. The van der Waals surface area contributed by atoms with Gasteiger partial charge in [-0.15, -0.1) is 0 Å². The van der Waals surface area contributed by atoms with E-state index in [4.69, 9.17) is 23.2 Å². The fraction of sp³-hybridized carbons (Fsp3) is 0.429. The molecule has 0 spiro atoms. The fourth-order valence-electron chi connectivity index (χ4n) is 6.43. The lowest BCUT2D eigenvalue weighted by Crippen LogP contribution is -2.50. The minimum absolute atomic E-state index is 0.270. The molecule has 4 aromatic rings. The zero-order valence-electron chi connectivity index (χ0n) is 31.3. The van der Waals surface area contributed by atoms with E-state index in [1.807, 2.05) is 47.5 Å². The molecule has 11 heteroatoms. The Morgan fingerprint density at radius 1 is 0.679 bits per heavy atom. The molecule has 0 saturated heterocycles. The van der Waals surface area contributed by atoms with Gasteiger partial charge in [-0.05, 0) is 109 Å². The molecule has 0 saturated carbocycles. The van der Waals surface area contributed by atoms with E-state index in [0.29, 0.717) is 37.9 Å². The maximum absolute atomic E-state index is 12.6. The number of halogens is 3. The van der Waals surface area contributed by atoms with E-state index >= 15 is 0 Å². The van der Waals surface area contributed by atoms with Crippen molar-refractivity contribution in [3.8, 4) is 0 Å². The van der Waals surface area contributed by atoms with Gasteiger partial charge in [0.1, 0.15) is 10.9 Å². The molecule has 53 heavy (non-hydrogen) atoms. The molecule has 7 nitrogen and oxygen atoms in total. The largest absolute Gasteiger partial charge is 0.285 e. The van der Waals surface area contributed by atoms with Crippen LogP contribution in [-0.2, 0) is 23.0 Å². The van der Waals surface area contributed by atoms with Crippen molar-refractivity contribution in [2.45, 2.75) is 116 Å². The first-order valence-electron chi connectivity index (χ1n) is 19.1. The lowest BCUT2D eigenvalue weighted by Gasteiger charge is -2.39. The Bertz CT molecular complexity index is 1850. The van der Waals surface area contributed by atoms with Crippen molar-refractivity contribution in [1.82, 2.24) is 0 Å². The fourth-order valence-corrected chi connectivity index (χ4v) is 8.52. The highest BCUT2D eigenvalue weighted by atomic mass is 79.9. The van der Waals surface area contributed by atoms with Gasteiger partial charge >= 0.3 is 0 Å². The number of rotatable bonds is 23. The van der Waals surface area contributed by atoms with E-state index in [1.165, 1.54) is 62.5 Å². The zero-order valence-corrected chi connectivity index (χ0v) is 35.2. The zero-order chi connectivity index (χ0) is 38.2. The van der Waals surface area contributed by atoms with Crippen molar-refractivity contribution >= 4 is 72.0 Å². The van der Waals surface area contributed by atoms with Crippen molar-refractivity contribution in [3.63, 3.8) is 0 Å². The third-order valence-corrected chi connectivity index (χ3v) is 11.8. The maximum Gasteiger partial charge on any atom is 0.272 e. The van der Waals surface area contributed by atoms with Crippen LogP contribution in [0.5, 0.6) is 0 Å². The van der Waals surface area contributed by atoms with Gasteiger partial charge in [-0.25, -0.2) is 0 Å². The normalized spacial score (nSPS) is 12.1. The summed E-state index contributed by atoms with van der Waals surface area (Å²) in [5.41, 5.74) is 12.9. The average Bonchev–Trinajstić information content (AvgIpc) is 3.14. The topological polar surface area (TPSA) is 84.9 Å². The molecule has 0 aliphatic rings. The van der Waals surface area contributed by atoms with Crippen molar-refractivity contribution in [3.05, 3.63) is 116 Å². The standard InChI is InChI=1S/C42H55BrCl2N4O3S/c1-4-7-9-11-12-14-19-33-21-16-23-37(29-33)48(46-36-25-26-39(43)38(31-36)42(17-6-3)53(50,51)52)49(41-30-34(44)24-27-40(41)45)47-35-22-15-20-32(28-35)18-13-10-8-5-2/h15-16,20-31,42,46-47H,4-14,17-19H2,1-3H3,(H,50,51,52). The first-order valence-corrected chi connectivity index (χ1v) is 22.1. The maximum atomic E-state index is 12.6. The number of nitrogens with one attached hydrogen (secondary N) is 2. The van der Waals surface area contributed by atoms with Gasteiger partial charge in [0.05, 0.1) is 22.1 Å². The van der Waals surface area contributed by atoms with Crippen molar-refractivity contribution in [2.24, 2.45) is 0 Å². The number of nitrogens with zero attached hydrogens (tertiary/aromatic N) is 2. The lowest BCUT2D eigenvalue weighted by molar-refractivity contribution is 0.463. The van der Waals surface area contributed by atoms with Gasteiger partial charge < -0.3 is 0 Å².